The van der Waals surface area contributed by atoms with Crippen LogP contribution >= 0.6 is 0 Å². The van der Waals surface area contributed by atoms with Crippen LogP contribution in [0.3, 0.4) is 0 Å². The van der Waals surface area contributed by atoms with Crippen LogP contribution in [0.2, 0.25) is 0 Å². The highest BCUT2D eigenvalue weighted by molar-refractivity contribution is 5.90. The van der Waals surface area contributed by atoms with Gasteiger partial charge in [0.1, 0.15) is 5.75 Å². The van der Waals surface area contributed by atoms with Gasteiger partial charge in [-0.3, -0.25) is 10.1 Å². The quantitative estimate of drug-likeness (QED) is 0.937. The van der Waals surface area contributed by atoms with E-state index in [2.05, 4.69) is 15.3 Å². The Morgan fingerprint density at radius 2 is 1.86 bits per heavy atom. The highest BCUT2D eigenvalue weighted by atomic mass is 16.5. The highest BCUT2D eigenvalue weighted by Gasteiger charge is 2.13. The van der Waals surface area contributed by atoms with E-state index in [1.807, 2.05) is 26.8 Å². The Kier molecular flexibility index (Phi) is 4.52. The molecule has 0 spiro atoms. The van der Waals surface area contributed by atoms with E-state index in [1.165, 1.54) is 0 Å². The summed E-state index contributed by atoms with van der Waals surface area (Å²) >= 11 is 0. The summed E-state index contributed by atoms with van der Waals surface area (Å²) in [5.41, 5.74) is 4.15. The standard InChI is InChI=1S/C16H19N3O2/c1-10-8-13(11(2)12(3)15(10)21-4)9-14(20)19-16-17-6-5-7-18-16/h5-8H,9H2,1-4H3,(H,17,18,19,20). The lowest BCUT2D eigenvalue weighted by molar-refractivity contribution is -0.115. The van der Waals surface area contributed by atoms with Gasteiger partial charge in [-0.15, -0.1) is 0 Å². The zero-order chi connectivity index (χ0) is 15.4. The summed E-state index contributed by atoms with van der Waals surface area (Å²) in [6.45, 7) is 5.98. The number of nitrogens with one attached hydrogen (secondary N) is 1. The predicted molar refractivity (Wildman–Crippen MR) is 81.6 cm³/mol. The van der Waals surface area contributed by atoms with Crippen LogP contribution in [-0.4, -0.2) is 23.0 Å². The normalized spacial score (nSPS) is 10.3. The van der Waals surface area contributed by atoms with Crippen LogP contribution in [0.4, 0.5) is 5.95 Å². The van der Waals surface area contributed by atoms with Crippen molar-refractivity contribution in [2.45, 2.75) is 27.2 Å². The number of carbonyl (C=O) groups excluding carboxylic acids is 1. The zero-order valence-electron chi connectivity index (χ0n) is 12.7. The Balaban J connectivity index is 2.18. The van der Waals surface area contributed by atoms with Crippen LogP contribution in [-0.2, 0) is 11.2 Å². The van der Waals surface area contributed by atoms with Gasteiger partial charge in [-0.05, 0) is 49.1 Å². The van der Waals surface area contributed by atoms with E-state index in [0.29, 0.717) is 5.95 Å². The van der Waals surface area contributed by atoms with E-state index in [4.69, 9.17) is 4.74 Å². The fourth-order valence-electron chi connectivity index (χ4n) is 2.35. The first-order chi connectivity index (χ1) is 10.0. The molecule has 0 bridgehead atoms. The number of amides is 1. The van der Waals surface area contributed by atoms with E-state index in [9.17, 15) is 4.79 Å². The zero-order valence-corrected chi connectivity index (χ0v) is 12.7. The minimum atomic E-state index is -0.131. The van der Waals surface area contributed by atoms with E-state index in [-0.39, 0.29) is 12.3 Å². The number of hydrogen-bond acceptors (Lipinski definition) is 4. The number of hydrogen-bond donors (Lipinski definition) is 1. The average Bonchev–Trinajstić information content (AvgIpc) is 2.46. The van der Waals surface area contributed by atoms with E-state index in [0.717, 1.165) is 28.0 Å². The molecule has 1 amide bonds. The number of methoxy groups -OCH3 is 1. The maximum atomic E-state index is 12.1. The molecule has 1 aromatic heterocycles. The topological polar surface area (TPSA) is 64.1 Å². The molecule has 2 rings (SSSR count). The summed E-state index contributed by atoms with van der Waals surface area (Å²) in [6, 6.07) is 3.70. The Labute approximate surface area is 124 Å². The molecule has 0 aliphatic heterocycles. The van der Waals surface area contributed by atoms with Crippen molar-refractivity contribution in [3.63, 3.8) is 0 Å². The number of anilines is 1. The molecule has 0 aliphatic rings. The van der Waals surface area contributed by atoms with Gasteiger partial charge in [0.05, 0.1) is 13.5 Å². The summed E-state index contributed by atoms with van der Waals surface area (Å²) < 4.78 is 5.39. The molecule has 0 aliphatic carbocycles. The lowest BCUT2D eigenvalue weighted by atomic mass is 9.96. The molecule has 1 aromatic carbocycles. The largest absolute Gasteiger partial charge is 0.496 e. The molecule has 2 aromatic rings. The average molecular weight is 285 g/mol. The predicted octanol–water partition coefficient (Wildman–Crippen LogP) is 2.59. The lowest BCUT2D eigenvalue weighted by Gasteiger charge is -2.15. The summed E-state index contributed by atoms with van der Waals surface area (Å²) in [5, 5.41) is 2.69. The van der Waals surface area contributed by atoms with Gasteiger partial charge in [0.25, 0.3) is 0 Å². The number of aryl methyl sites for hydroxylation is 1. The summed E-state index contributed by atoms with van der Waals surface area (Å²) in [6.07, 6.45) is 3.47. The number of rotatable bonds is 4. The number of nitrogens with zero attached hydrogens (tertiary/aromatic N) is 2. The Morgan fingerprint density at radius 3 is 2.48 bits per heavy atom. The van der Waals surface area contributed by atoms with Gasteiger partial charge >= 0.3 is 0 Å². The van der Waals surface area contributed by atoms with Gasteiger partial charge in [-0.2, -0.15) is 0 Å². The first kappa shape index (κ1) is 15.0. The summed E-state index contributed by atoms with van der Waals surface area (Å²) in [5.74, 6) is 1.07. The molecule has 1 N–H and O–H groups in total. The molecule has 1 heterocycles. The van der Waals surface area contributed by atoms with Crippen molar-refractivity contribution < 1.29 is 9.53 Å². The van der Waals surface area contributed by atoms with Crippen molar-refractivity contribution in [2.24, 2.45) is 0 Å². The minimum Gasteiger partial charge on any atom is -0.496 e. The van der Waals surface area contributed by atoms with Crippen LogP contribution < -0.4 is 10.1 Å². The third-order valence-electron chi connectivity index (χ3n) is 3.51. The molecule has 0 unspecified atom stereocenters. The fraction of sp³-hybridized carbons (Fsp3) is 0.312. The maximum absolute atomic E-state index is 12.1. The number of benzene rings is 1. The number of aromatic nitrogens is 2. The third kappa shape index (κ3) is 3.37. The molecule has 0 saturated heterocycles. The fourth-order valence-corrected chi connectivity index (χ4v) is 2.35. The van der Waals surface area contributed by atoms with Crippen LogP contribution in [0.15, 0.2) is 24.5 Å². The van der Waals surface area contributed by atoms with Crippen LogP contribution in [0.5, 0.6) is 5.75 Å². The van der Waals surface area contributed by atoms with Crippen LogP contribution in [0, 0.1) is 20.8 Å². The second-order valence-corrected chi connectivity index (χ2v) is 4.93. The van der Waals surface area contributed by atoms with Gasteiger partial charge in [-0.1, -0.05) is 6.07 Å². The van der Waals surface area contributed by atoms with Crippen molar-refractivity contribution in [2.75, 3.05) is 12.4 Å². The molecular formula is C16H19N3O2. The minimum absolute atomic E-state index is 0.131. The van der Waals surface area contributed by atoms with E-state index < -0.39 is 0 Å². The second-order valence-electron chi connectivity index (χ2n) is 4.93. The van der Waals surface area contributed by atoms with Crippen LogP contribution in [0.25, 0.3) is 0 Å². The SMILES string of the molecule is COc1c(C)cc(CC(=O)Nc2ncccn2)c(C)c1C. The van der Waals surface area contributed by atoms with Gasteiger partial charge in [-0.25, -0.2) is 9.97 Å². The molecule has 0 radical (unpaired) electrons. The van der Waals surface area contributed by atoms with Crippen molar-refractivity contribution in [3.05, 3.63) is 46.8 Å². The third-order valence-corrected chi connectivity index (χ3v) is 3.51. The molecule has 0 fully saturated rings. The highest BCUT2D eigenvalue weighted by Crippen LogP contribution is 2.28. The van der Waals surface area contributed by atoms with Crippen molar-refractivity contribution in [3.8, 4) is 5.75 Å². The Bertz CT molecular complexity index is 654. The number of carbonyl (C=O) groups is 1. The van der Waals surface area contributed by atoms with E-state index >= 15 is 0 Å². The smallest absolute Gasteiger partial charge is 0.231 e. The van der Waals surface area contributed by atoms with Crippen LogP contribution in [0.1, 0.15) is 22.3 Å². The monoisotopic (exact) mass is 285 g/mol. The molecule has 0 atom stereocenters. The molecule has 21 heavy (non-hydrogen) atoms. The van der Waals surface area contributed by atoms with Crippen molar-refractivity contribution >= 4 is 11.9 Å². The first-order valence-corrected chi connectivity index (χ1v) is 6.73. The molecular weight excluding hydrogens is 266 g/mol. The summed E-state index contributed by atoms with van der Waals surface area (Å²) in [7, 11) is 1.66. The van der Waals surface area contributed by atoms with Gasteiger partial charge in [0.15, 0.2) is 0 Å². The molecule has 5 heteroatoms. The first-order valence-electron chi connectivity index (χ1n) is 6.73. The van der Waals surface area contributed by atoms with Gasteiger partial charge in [0.2, 0.25) is 11.9 Å². The van der Waals surface area contributed by atoms with E-state index in [1.54, 1.807) is 25.6 Å². The van der Waals surface area contributed by atoms with Crippen molar-refractivity contribution in [1.29, 1.82) is 0 Å². The Morgan fingerprint density at radius 1 is 1.19 bits per heavy atom. The van der Waals surface area contributed by atoms with Gasteiger partial charge < -0.3 is 4.74 Å². The maximum Gasteiger partial charge on any atom is 0.231 e. The van der Waals surface area contributed by atoms with Gasteiger partial charge in [0, 0.05) is 12.4 Å². The number of ether oxygens (including phenoxy) is 1. The molecule has 110 valence electrons. The molecule has 5 nitrogen and oxygen atoms in total. The Hall–Kier alpha value is -2.43. The lowest BCUT2D eigenvalue weighted by Crippen LogP contribution is -2.17. The second kappa shape index (κ2) is 6.35. The summed E-state index contributed by atoms with van der Waals surface area (Å²) in [4.78, 5) is 20.1. The van der Waals surface area contributed by atoms with Crippen molar-refractivity contribution in [1.82, 2.24) is 9.97 Å². The molecule has 0 saturated carbocycles.